The molecule has 1 heterocycles. The number of imidazole rings is 1. The molecule has 37 heavy (non-hydrogen) atoms. The predicted octanol–water partition coefficient (Wildman–Crippen LogP) is 6.63. The lowest BCUT2D eigenvalue weighted by molar-refractivity contribution is -0.118. The monoisotopic (exact) mass is 500 g/mol. The van der Waals surface area contributed by atoms with Gasteiger partial charge in [-0.2, -0.15) is 5.10 Å². The van der Waals surface area contributed by atoms with Crippen molar-refractivity contribution in [2.45, 2.75) is 11.7 Å². The average Bonchev–Trinajstić information content (AvgIpc) is 3.29. The Bertz CT molecular complexity index is 1700. The van der Waals surface area contributed by atoms with Gasteiger partial charge in [0, 0.05) is 5.56 Å². The molecule has 0 unspecified atom stereocenters. The lowest BCUT2D eigenvalue weighted by Gasteiger charge is -2.09. The first kappa shape index (κ1) is 23.0. The first-order valence-electron chi connectivity index (χ1n) is 12.1. The fourth-order valence-electron chi connectivity index (χ4n) is 4.60. The van der Waals surface area contributed by atoms with Crippen molar-refractivity contribution >= 4 is 56.5 Å². The zero-order valence-corrected chi connectivity index (χ0v) is 20.9. The molecule has 0 fully saturated rings. The second kappa shape index (κ2) is 10.3. The van der Waals surface area contributed by atoms with Gasteiger partial charge in [-0.25, -0.2) is 10.4 Å². The van der Waals surface area contributed by atoms with Crippen molar-refractivity contribution in [2.24, 2.45) is 5.10 Å². The van der Waals surface area contributed by atoms with Crippen molar-refractivity contribution in [1.29, 1.82) is 0 Å². The summed E-state index contributed by atoms with van der Waals surface area (Å²) in [5, 5.41) is 9.61. The molecule has 6 heteroatoms. The van der Waals surface area contributed by atoms with E-state index in [1.54, 1.807) is 6.21 Å². The molecule has 0 aliphatic carbocycles. The maximum absolute atomic E-state index is 12.7. The number of amides is 1. The molecule has 0 aliphatic heterocycles. The number of benzene rings is 5. The molecule has 5 nitrogen and oxygen atoms in total. The van der Waals surface area contributed by atoms with Crippen molar-refractivity contribution in [2.75, 3.05) is 5.75 Å². The van der Waals surface area contributed by atoms with E-state index in [1.807, 2.05) is 60.7 Å². The molecule has 0 saturated heterocycles. The van der Waals surface area contributed by atoms with Gasteiger partial charge >= 0.3 is 0 Å². The number of hydrogen-bond acceptors (Lipinski definition) is 4. The number of rotatable bonds is 7. The summed E-state index contributed by atoms with van der Waals surface area (Å²) in [4.78, 5) is 17.5. The number of nitrogens with zero attached hydrogens (tertiary/aromatic N) is 3. The predicted molar refractivity (Wildman–Crippen MR) is 153 cm³/mol. The van der Waals surface area contributed by atoms with E-state index >= 15 is 0 Å². The summed E-state index contributed by atoms with van der Waals surface area (Å²) >= 11 is 1.42. The molecule has 1 aromatic heterocycles. The van der Waals surface area contributed by atoms with Crippen LogP contribution in [-0.2, 0) is 11.3 Å². The van der Waals surface area contributed by atoms with Crippen LogP contribution in [0.1, 0.15) is 11.1 Å². The summed E-state index contributed by atoms with van der Waals surface area (Å²) in [5.74, 6) is 0.0373. The van der Waals surface area contributed by atoms with E-state index in [1.165, 1.54) is 17.3 Å². The highest BCUT2D eigenvalue weighted by molar-refractivity contribution is 7.99. The van der Waals surface area contributed by atoms with Gasteiger partial charge in [0.25, 0.3) is 5.91 Å². The standard InChI is InChI=1S/C31H24N4OS/c36-30(34-32-19-27-25-14-6-4-12-23(25)18-24-13-5-7-15-26(24)27)21-37-31-33-28-16-8-9-17-29(28)35(31)20-22-10-2-1-3-11-22/h1-19H,20-21H2,(H,34,36)/b32-19-. The molecular formula is C31H24N4OS. The average molecular weight is 501 g/mol. The third-order valence-electron chi connectivity index (χ3n) is 6.33. The van der Waals surface area contributed by atoms with E-state index in [4.69, 9.17) is 4.98 Å². The smallest absolute Gasteiger partial charge is 0.250 e. The molecule has 1 amide bonds. The maximum atomic E-state index is 12.7. The van der Waals surface area contributed by atoms with Crippen molar-refractivity contribution < 1.29 is 4.79 Å². The molecule has 0 aliphatic rings. The van der Waals surface area contributed by atoms with Gasteiger partial charge < -0.3 is 4.57 Å². The fourth-order valence-corrected chi connectivity index (χ4v) is 5.41. The maximum Gasteiger partial charge on any atom is 0.250 e. The molecule has 180 valence electrons. The van der Waals surface area contributed by atoms with E-state index in [0.717, 1.165) is 43.3 Å². The van der Waals surface area contributed by atoms with Crippen LogP contribution < -0.4 is 5.43 Å². The van der Waals surface area contributed by atoms with Gasteiger partial charge in [-0.3, -0.25) is 4.79 Å². The number of nitrogens with one attached hydrogen (secondary N) is 1. The molecule has 1 N–H and O–H groups in total. The zero-order chi connectivity index (χ0) is 25.0. The summed E-state index contributed by atoms with van der Waals surface area (Å²) in [5.41, 5.74) is 6.85. The van der Waals surface area contributed by atoms with E-state index in [0.29, 0.717) is 6.54 Å². The third-order valence-corrected chi connectivity index (χ3v) is 7.31. The lowest BCUT2D eigenvalue weighted by Crippen LogP contribution is -2.20. The van der Waals surface area contributed by atoms with E-state index in [2.05, 4.69) is 63.6 Å². The summed E-state index contributed by atoms with van der Waals surface area (Å²) in [7, 11) is 0. The number of fused-ring (bicyclic) bond motifs is 3. The molecule has 0 bridgehead atoms. The van der Waals surface area contributed by atoms with Crippen LogP contribution >= 0.6 is 11.8 Å². The molecule has 0 spiro atoms. The molecule has 6 aromatic rings. The van der Waals surface area contributed by atoms with Crippen LogP contribution in [0.25, 0.3) is 32.6 Å². The van der Waals surface area contributed by atoms with Crippen LogP contribution in [0.4, 0.5) is 0 Å². The van der Waals surface area contributed by atoms with Crippen molar-refractivity contribution in [3.63, 3.8) is 0 Å². The number of para-hydroxylation sites is 2. The Morgan fingerprint density at radius 2 is 1.49 bits per heavy atom. The SMILES string of the molecule is O=C(CSc1nc2ccccc2n1Cc1ccccc1)N/N=C\c1c2ccccc2cc2ccccc12. The molecule has 5 aromatic carbocycles. The number of thioether (sulfide) groups is 1. The number of carbonyl (C=O) groups excluding carboxylic acids is 1. The minimum absolute atomic E-state index is 0.177. The van der Waals surface area contributed by atoms with Gasteiger partial charge in [-0.15, -0.1) is 0 Å². The zero-order valence-electron chi connectivity index (χ0n) is 20.0. The molecule has 6 rings (SSSR count). The fraction of sp³-hybridized carbons (Fsp3) is 0.0645. The molecular weight excluding hydrogens is 476 g/mol. The van der Waals surface area contributed by atoms with Gasteiger partial charge in [0.15, 0.2) is 5.16 Å². The van der Waals surface area contributed by atoms with Crippen LogP contribution in [0.3, 0.4) is 0 Å². The van der Waals surface area contributed by atoms with Crippen LogP contribution in [0.5, 0.6) is 0 Å². The highest BCUT2D eigenvalue weighted by Crippen LogP contribution is 2.28. The van der Waals surface area contributed by atoms with Crippen LogP contribution in [-0.4, -0.2) is 27.4 Å². The minimum atomic E-state index is -0.177. The Kier molecular flexibility index (Phi) is 6.40. The van der Waals surface area contributed by atoms with E-state index in [-0.39, 0.29) is 11.7 Å². The summed E-state index contributed by atoms with van der Waals surface area (Å²) in [6.07, 6.45) is 1.75. The van der Waals surface area contributed by atoms with Crippen LogP contribution in [0.15, 0.2) is 119 Å². The van der Waals surface area contributed by atoms with Crippen LogP contribution in [0, 0.1) is 0 Å². The first-order chi connectivity index (χ1) is 18.3. The van der Waals surface area contributed by atoms with Gasteiger partial charge in [0.1, 0.15) is 0 Å². The highest BCUT2D eigenvalue weighted by Gasteiger charge is 2.13. The summed E-state index contributed by atoms with van der Waals surface area (Å²) in [6.45, 7) is 0.692. The summed E-state index contributed by atoms with van der Waals surface area (Å²) in [6, 6.07) is 37.0. The van der Waals surface area contributed by atoms with E-state index < -0.39 is 0 Å². The van der Waals surface area contributed by atoms with Crippen molar-refractivity contribution in [3.8, 4) is 0 Å². The largest absolute Gasteiger partial charge is 0.314 e. The van der Waals surface area contributed by atoms with Gasteiger partial charge in [0.05, 0.1) is 29.5 Å². The molecule has 0 saturated carbocycles. The first-order valence-corrected chi connectivity index (χ1v) is 13.1. The van der Waals surface area contributed by atoms with Gasteiger partial charge in [-0.1, -0.05) is 103 Å². The quantitative estimate of drug-likeness (QED) is 0.116. The van der Waals surface area contributed by atoms with Crippen LogP contribution in [0.2, 0.25) is 0 Å². The Labute approximate surface area is 218 Å². The summed E-state index contributed by atoms with van der Waals surface area (Å²) < 4.78 is 2.16. The Morgan fingerprint density at radius 3 is 2.24 bits per heavy atom. The number of carbonyl (C=O) groups is 1. The number of hydrogen-bond donors (Lipinski definition) is 1. The Morgan fingerprint density at radius 1 is 0.838 bits per heavy atom. The lowest BCUT2D eigenvalue weighted by atomic mass is 9.97. The minimum Gasteiger partial charge on any atom is -0.314 e. The van der Waals surface area contributed by atoms with Gasteiger partial charge in [-0.05, 0) is 45.3 Å². The number of aromatic nitrogens is 2. The van der Waals surface area contributed by atoms with E-state index in [9.17, 15) is 4.79 Å². The second-order valence-corrected chi connectivity index (χ2v) is 9.71. The number of hydrazone groups is 1. The Balaban J connectivity index is 1.20. The normalized spacial score (nSPS) is 11.6. The second-order valence-electron chi connectivity index (χ2n) is 8.77. The topological polar surface area (TPSA) is 59.3 Å². The van der Waals surface area contributed by atoms with Crippen molar-refractivity contribution in [3.05, 3.63) is 120 Å². The van der Waals surface area contributed by atoms with Crippen molar-refractivity contribution in [1.82, 2.24) is 15.0 Å². The molecule has 0 radical (unpaired) electrons. The third kappa shape index (κ3) is 4.84. The highest BCUT2D eigenvalue weighted by atomic mass is 32.2. The Hall–Kier alpha value is -4.42. The molecule has 0 atom stereocenters. The van der Waals surface area contributed by atoms with Gasteiger partial charge in [0.2, 0.25) is 0 Å².